The van der Waals surface area contributed by atoms with Crippen molar-refractivity contribution >= 4 is 11.9 Å². The molecule has 1 saturated heterocycles. The summed E-state index contributed by atoms with van der Waals surface area (Å²) in [7, 11) is 1.48. The second-order valence-corrected chi connectivity index (χ2v) is 6.72. The molecule has 24 heavy (non-hydrogen) atoms. The number of methoxy groups -OCH3 is 1. The first kappa shape index (κ1) is 18.3. The standard InChI is InChI=1S/C17H25N3O4/c1-11(2)14-13(8-18-12(3)19-14)15(21)20-7-5-6-17(9-20,10-24-4)16(22)23/h8,11H,5-7,9-10H2,1-4H3,(H,22,23)/t17-/m0/s1. The molecule has 2 rings (SSSR count). The van der Waals surface area contributed by atoms with E-state index in [0.29, 0.717) is 36.5 Å². The Morgan fingerprint density at radius 3 is 2.75 bits per heavy atom. The van der Waals surface area contributed by atoms with Gasteiger partial charge in [0.2, 0.25) is 0 Å². The van der Waals surface area contributed by atoms with E-state index in [9.17, 15) is 14.7 Å². The minimum absolute atomic E-state index is 0.0821. The summed E-state index contributed by atoms with van der Waals surface area (Å²) in [6.45, 7) is 6.49. The van der Waals surface area contributed by atoms with Crippen molar-refractivity contribution in [2.75, 3.05) is 26.8 Å². The number of aliphatic carboxylic acids is 1. The number of aromatic nitrogens is 2. The summed E-state index contributed by atoms with van der Waals surface area (Å²) in [5.41, 5.74) is 0.103. The van der Waals surface area contributed by atoms with E-state index in [2.05, 4.69) is 9.97 Å². The van der Waals surface area contributed by atoms with Crippen molar-refractivity contribution in [1.29, 1.82) is 0 Å². The number of carboxylic acid groups (broad SMARTS) is 1. The third-order valence-electron chi connectivity index (χ3n) is 4.45. The zero-order chi connectivity index (χ0) is 17.9. The van der Waals surface area contributed by atoms with Crippen molar-refractivity contribution in [3.8, 4) is 0 Å². The lowest BCUT2D eigenvalue weighted by Gasteiger charge is -2.39. The summed E-state index contributed by atoms with van der Waals surface area (Å²) >= 11 is 0. The molecule has 0 aromatic carbocycles. The van der Waals surface area contributed by atoms with Gasteiger partial charge in [-0.05, 0) is 25.7 Å². The van der Waals surface area contributed by atoms with Gasteiger partial charge in [-0.3, -0.25) is 9.59 Å². The number of piperidine rings is 1. The first-order chi connectivity index (χ1) is 11.3. The number of hydrogen-bond acceptors (Lipinski definition) is 5. The van der Waals surface area contributed by atoms with Gasteiger partial charge in [-0.1, -0.05) is 13.8 Å². The highest BCUT2D eigenvalue weighted by Gasteiger charge is 2.44. The molecular weight excluding hydrogens is 310 g/mol. The molecule has 0 saturated carbocycles. The van der Waals surface area contributed by atoms with E-state index in [0.717, 1.165) is 0 Å². The third kappa shape index (κ3) is 3.56. The maximum absolute atomic E-state index is 13.0. The fourth-order valence-electron chi connectivity index (χ4n) is 3.20. The normalized spacial score (nSPS) is 21.1. The fraction of sp³-hybridized carbons (Fsp3) is 0.647. The number of aryl methyl sites for hydroxylation is 1. The topological polar surface area (TPSA) is 92.6 Å². The Morgan fingerprint density at radius 2 is 2.17 bits per heavy atom. The van der Waals surface area contributed by atoms with Gasteiger partial charge in [0, 0.05) is 26.4 Å². The smallest absolute Gasteiger partial charge is 0.313 e. The summed E-state index contributed by atoms with van der Waals surface area (Å²) < 4.78 is 5.11. The van der Waals surface area contributed by atoms with Crippen LogP contribution in [0.4, 0.5) is 0 Å². The van der Waals surface area contributed by atoms with Gasteiger partial charge in [-0.15, -0.1) is 0 Å². The van der Waals surface area contributed by atoms with Gasteiger partial charge in [0.25, 0.3) is 5.91 Å². The number of amides is 1. The number of rotatable bonds is 5. The van der Waals surface area contributed by atoms with Crippen LogP contribution in [0.2, 0.25) is 0 Å². The zero-order valence-electron chi connectivity index (χ0n) is 14.7. The molecule has 1 aromatic rings. The molecule has 0 aliphatic carbocycles. The molecule has 1 aliphatic rings. The van der Waals surface area contributed by atoms with Crippen LogP contribution in [0.25, 0.3) is 0 Å². The number of likely N-dealkylation sites (tertiary alicyclic amines) is 1. The van der Waals surface area contributed by atoms with Gasteiger partial charge < -0.3 is 14.7 Å². The van der Waals surface area contributed by atoms with Crippen LogP contribution in [0.15, 0.2) is 6.20 Å². The molecule has 132 valence electrons. The molecule has 1 fully saturated rings. The first-order valence-corrected chi connectivity index (χ1v) is 8.16. The Morgan fingerprint density at radius 1 is 1.46 bits per heavy atom. The van der Waals surface area contributed by atoms with Gasteiger partial charge in [-0.2, -0.15) is 0 Å². The number of hydrogen-bond donors (Lipinski definition) is 1. The van der Waals surface area contributed by atoms with Crippen LogP contribution in [0.1, 0.15) is 54.5 Å². The lowest BCUT2D eigenvalue weighted by molar-refractivity contribution is -0.155. The summed E-state index contributed by atoms with van der Waals surface area (Å²) in [5.74, 6) is -0.432. The third-order valence-corrected chi connectivity index (χ3v) is 4.45. The predicted octanol–water partition coefficient (Wildman–Crippen LogP) is 1.86. The van der Waals surface area contributed by atoms with Crippen LogP contribution in [-0.2, 0) is 9.53 Å². The van der Waals surface area contributed by atoms with E-state index in [1.165, 1.54) is 7.11 Å². The highest BCUT2D eigenvalue weighted by molar-refractivity contribution is 5.95. The summed E-state index contributed by atoms with van der Waals surface area (Å²) in [6.07, 6.45) is 2.68. The van der Waals surface area contributed by atoms with Crippen molar-refractivity contribution in [2.45, 2.75) is 39.5 Å². The fourth-order valence-corrected chi connectivity index (χ4v) is 3.20. The lowest BCUT2D eigenvalue weighted by atomic mass is 9.80. The monoisotopic (exact) mass is 335 g/mol. The van der Waals surface area contributed by atoms with Crippen LogP contribution in [0.5, 0.6) is 0 Å². The maximum Gasteiger partial charge on any atom is 0.313 e. The van der Waals surface area contributed by atoms with Crippen molar-refractivity contribution in [2.24, 2.45) is 5.41 Å². The van der Waals surface area contributed by atoms with Crippen LogP contribution >= 0.6 is 0 Å². The van der Waals surface area contributed by atoms with Gasteiger partial charge in [0.05, 0.1) is 17.9 Å². The predicted molar refractivity (Wildman–Crippen MR) is 87.9 cm³/mol. The second-order valence-electron chi connectivity index (χ2n) is 6.72. The molecule has 1 aromatic heterocycles. The van der Waals surface area contributed by atoms with E-state index in [-0.39, 0.29) is 25.0 Å². The largest absolute Gasteiger partial charge is 0.481 e. The minimum Gasteiger partial charge on any atom is -0.481 e. The molecule has 1 atom stereocenters. The van der Waals surface area contributed by atoms with Crippen LogP contribution in [0, 0.1) is 12.3 Å². The molecule has 0 unspecified atom stereocenters. The number of carbonyl (C=O) groups excluding carboxylic acids is 1. The second kappa shape index (κ2) is 7.25. The Balaban J connectivity index is 2.31. The van der Waals surface area contributed by atoms with Crippen LogP contribution < -0.4 is 0 Å². The van der Waals surface area contributed by atoms with Crippen molar-refractivity contribution in [3.63, 3.8) is 0 Å². The van der Waals surface area contributed by atoms with E-state index < -0.39 is 11.4 Å². The average Bonchev–Trinajstić information content (AvgIpc) is 2.54. The van der Waals surface area contributed by atoms with Crippen molar-refractivity contribution < 1.29 is 19.4 Å². The van der Waals surface area contributed by atoms with Crippen LogP contribution in [0.3, 0.4) is 0 Å². The Labute approximate surface area is 142 Å². The van der Waals surface area contributed by atoms with Crippen LogP contribution in [-0.4, -0.2) is 58.7 Å². The number of carboxylic acids is 1. The molecule has 0 radical (unpaired) electrons. The maximum atomic E-state index is 13.0. The first-order valence-electron chi connectivity index (χ1n) is 8.16. The van der Waals surface area contributed by atoms with Gasteiger partial charge in [0.15, 0.2) is 0 Å². The summed E-state index contributed by atoms with van der Waals surface area (Å²) in [4.78, 5) is 34.8. The van der Waals surface area contributed by atoms with Crippen molar-refractivity contribution in [3.05, 3.63) is 23.3 Å². The highest BCUT2D eigenvalue weighted by atomic mass is 16.5. The minimum atomic E-state index is -1.05. The summed E-state index contributed by atoms with van der Waals surface area (Å²) in [5, 5.41) is 9.63. The average molecular weight is 335 g/mol. The molecule has 0 spiro atoms. The Hall–Kier alpha value is -2.02. The number of ether oxygens (including phenoxy) is 1. The molecular formula is C17H25N3O4. The van der Waals surface area contributed by atoms with Crippen molar-refractivity contribution in [1.82, 2.24) is 14.9 Å². The quantitative estimate of drug-likeness (QED) is 0.883. The molecule has 1 aliphatic heterocycles. The zero-order valence-corrected chi connectivity index (χ0v) is 14.7. The number of carbonyl (C=O) groups is 2. The van der Waals surface area contributed by atoms with Gasteiger partial charge in [0.1, 0.15) is 11.2 Å². The van der Waals surface area contributed by atoms with Gasteiger partial charge in [-0.25, -0.2) is 9.97 Å². The lowest BCUT2D eigenvalue weighted by Crippen LogP contribution is -2.52. The van der Waals surface area contributed by atoms with E-state index in [4.69, 9.17) is 4.74 Å². The molecule has 0 bridgehead atoms. The number of nitrogens with zero attached hydrogens (tertiary/aromatic N) is 3. The van der Waals surface area contributed by atoms with E-state index in [1.54, 1.807) is 18.0 Å². The molecule has 7 heteroatoms. The molecule has 1 N–H and O–H groups in total. The SMILES string of the molecule is COC[C@]1(C(=O)O)CCCN(C(=O)c2cnc(C)nc2C(C)C)C1. The highest BCUT2D eigenvalue weighted by Crippen LogP contribution is 2.32. The Bertz CT molecular complexity index is 628. The molecule has 7 nitrogen and oxygen atoms in total. The molecule has 1 amide bonds. The Kier molecular flexibility index (Phi) is 5.54. The van der Waals surface area contributed by atoms with E-state index in [1.807, 2.05) is 13.8 Å². The van der Waals surface area contributed by atoms with Gasteiger partial charge >= 0.3 is 5.97 Å². The van der Waals surface area contributed by atoms with E-state index >= 15 is 0 Å². The summed E-state index contributed by atoms with van der Waals surface area (Å²) in [6, 6.07) is 0. The molecule has 2 heterocycles.